The molecule has 0 saturated heterocycles. The van der Waals surface area contributed by atoms with E-state index in [-0.39, 0.29) is 21.4 Å². The summed E-state index contributed by atoms with van der Waals surface area (Å²) in [5, 5.41) is 30.2. The van der Waals surface area contributed by atoms with Crippen molar-refractivity contribution in [3.8, 4) is 0 Å². The number of thiocarbonyl (C=S) groups is 1. The van der Waals surface area contributed by atoms with Crippen molar-refractivity contribution in [2.24, 2.45) is 0 Å². The number of rotatable bonds is 7. The number of hydrogen-bond donors (Lipinski definition) is 3. The van der Waals surface area contributed by atoms with Gasteiger partial charge in [-0.3, -0.25) is 35.1 Å². The summed E-state index contributed by atoms with van der Waals surface area (Å²) in [5.74, 6) is -0.479. The lowest BCUT2D eigenvalue weighted by atomic mass is 10.1. The minimum Gasteiger partial charge on any atom is -0.360 e. The van der Waals surface area contributed by atoms with Gasteiger partial charge in [0, 0.05) is 23.9 Å². The lowest BCUT2D eigenvalue weighted by Crippen LogP contribution is -2.34. The highest BCUT2D eigenvalue weighted by Crippen LogP contribution is 2.23. The summed E-state index contributed by atoms with van der Waals surface area (Å²) in [6.07, 6.45) is 0. The van der Waals surface area contributed by atoms with Gasteiger partial charge in [-0.2, -0.15) is 0 Å². The highest BCUT2D eigenvalue weighted by molar-refractivity contribution is 7.92. The van der Waals surface area contributed by atoms with Crippen LogP contribution < -0.4 is 15.4 Å². The molecule has 34 heavy (non-hydrogen) atoms. The van der Waals surface area contributed by atoms with Gasteiger partial charge in [0.15, 0.2) is 10.9 Å². The second-order valence-electron chi connectivity index (χ2n) is 6.61. The Hall–Kier alpha value is -4.44. The Morgan fingerprint density at radius 2 is 1.62 bits per heavy atom. The average Bonchev–Trinajstić information content (AvgIpc) is 3.17. The monoisotopic (exact) mass is 506 g/mol. The number of nitrogens with one attached hydrogen (secondary N) is 3. The molecule has 1 aromatic heterocycles. The van der Waals surface area contributed by atoms with Crippen molar-refractivity contribution in [3.63, 3.8) is 0 Å². The first-order chi connectivity index (χ1) is 15.9. The predicted octanol–water partition coefficient (Wildman–Crippen LogP) is 2.73. The molecule has 176 valence electrons. The lowest BCUT2D eigenvalue weighted by molar-refractivity contribution is -0.394. The largest absolute Gasteiger partial charge is 0.360 e. The third kappa shape index (κ3) is 5.87. The van der Waals surface area contributed by atoms with Crippen LogP contribution in [0.25, 0.3) is 0 Å². The molecular weight excluding hydrogens is 492 g/mol. The number of nitro benzene ring substituents is 2. The van der Waals surface area contributed by atoms with E-state index >= 15 is 0 Å². The van der Waals surface area contributed by atoms with Gasteiger partial charge in [-0.15, -0.1) is 0 Å². The van der Waals surface area contributed by atoms with Gasteiger partial charge >= 0.3 is 0 Å². The molecule has 14 nitrogen and oxygen atoms in total. The summed E-state index contributed by atoms with van der Waals surface area (Å²) >= 11 is 5.02. The standard InChI is InChI=1S/C18H14N6O8S2/c1-10-6-16(21-32-10)22-34(30,31)15-4-2-12(3-5-15)19-18(33)20-17(25)11-7-13(23(26)27)9-14(8-11)24(28)29/h2-9H,1H3,(H,21,22)(H2,19,20,25,33). The molecule has 0 aliphatic carbocycles. The Morgan fingerprint density at radius 1 is 1.03 bits per heavy atom. The summed E-state index contributed by atoms with van der Waals surface area (Å²) in [7, 11) is -3.94. The highest BCUT2D eigenvalue weighted by Gasteiger charge is 2.21. The number of nitro groups is 2. The first kappa shape index (κ1) is 24.2. The fourth-order valence-corrected chi connectivity index (χ4v) is 3.80. The van der Waals surface area contributed by atoms with Crippen molar-refractivity contribution in [3.05, 3.63) is 80.1 Å². The topological polar surface area (TPSA) is 200 Å². The van der Waals surface area contributed by atoms with Gasteiger partial charge < -0.3 is 9.84 Å². The molecule has 0 unspecified atom stereocenters. The molecule has 2 aromatic carbocycles. The SMILES string of the molecule is Cc1cc(NS(=O)(=O)c2ccc(NC(=S)NC(=O)c3cc([N+](=O)[O-])cc([N+](=O)[O-])c3)cc2)no1. The summed E-state index contributed by atoms with van der Waals surface area (Å²) < 4.78 is 31.9. The van der Waals surface area contributed by atoms with Crippen molar-refractivity contribution >= 4 is 56.1 Å². The molecule has 3 aromatic rings. The molecule has 3 rings (SSSR count). The van der Waals surface area contributed by atoms with Crippen LogP contribution in [0.1, 0.15) is 16.1 Å². The Balaban J connectivity index is 1.68. The molecule has 0 aliphatic heterocycles. The van der Waals surface area contributed by atoms with E-state index in [1.807, 2.05) is 0 Å². The molecule has 0 aliphatic rings. The molecule has 0 bridgehead atoms. The number of carbonyl (C=O) groups is 1. The summed E-state index contributed by atoms with van der Waals surface area (Å²) in [6, 6.07) is 9.16. The Kier molecular flexibility index (Phi) is 6.83. The number of benzene rings is 2. The van der Waals surface area contributed by atoms with Gasteiger partial charge in [0.1, 0.15) is 5.76 Å². The average molecular weight is 506 g/mol. The number of non-ortho nitro benzene ring substituents is 2. The lowest BCUT2D eigenvalue weighted by Gasteiger charge is -2.10. The van der Waals surface area contributed by atoms with E-state index in [4.69, 9.17) is 16.7 Å². The first-order valence-corrected chi connectivity index (χ1v) is 11.0. The third-order valence-corrected chi connectivity index (χ3v) is 5.68. The van der Waals surface area contributed by atoms with Crippen molar-refractivity contribution in [2.75, 3.05) is 10.0 Å². The predicted molar refractivity (Wildman–Crippen MR) is 122 cm³/mol. The van der Waals surface area contributed by atoms with E-state index in [2.05, 4.69) is 20.5 Å². The van der Waals surface area contributed by atoms with Gasteiger partial charge in [0.2, 0.25) is 0 Å². The van der Waals surface area contributed by atoms with Crippen molar-refractivity contribution in [1.29, 1.82) is 0 Å². The number of aryl methyl sites for hydroxylation is 1. The smallest absolute Gasteiger partial charge is 0.277 e. The van der Waals surface area contributed by atoms with Crippen LogP contribution in [0.3, 0.4) is 0 Å². The Labute approximate surface area is 196 Å². The number of hydrogen-bond acceptors (Lipinski definition) is 10. The fraction of sp³-hybridized carbons (Fsp3) is 0.0556. The minimum atomic E-state index is -3.94. The van der Waals surface area contributed by atoms with E-state index in [1.165, 1.54) is 30.3 Å². The van der Waals surface area contributed by atoms with E-state index in [0.717, 1.165) is 18.2 Å². The van der Waals surface area contributed by atoms with E-state index in [0.29, 0.717) is 11.4 Å². The van der Waals surface area contributed by atoms with Crippen molar-refractivity contribution in [2.45, 2.75) is 11.8 Å². The van der Waals surface area contributed by atoms with Crippen LogP contribution in [0.15, 0.2) is 57.9 Å². The molecule has 16 heteroatoms. The van der Waals surface area contributed by atoms with Gasteiger partial charge in [-0.1, -0.05) is 5.16 Å². The van der Waals surface area contributed by atoms with Gasteiger partial charge in [-0.25, -0.2) is 8.42 Å². The van der Waals surface area contributed by atoms with E-state index in [9.17, 15) is 33.4 Å². The van der Waals surface area contributed by atoms with Crippen LogP contribution >= 0.6 is 12.2 Å². The van der Waals surface area contributed by atoms with Gasteiger partial charge in [0.25, 0.3) is 27.3 Å². The van der Waals surface area contributed by atoms with Crippen molar-refractivity contribution < 1.29 is 27.6 Å². The molecule has 0 atom stereocenters. The third-order valence-electron chi connectivity index (χ3n) is 4.10. The van der Waals surface area contributed by atoms with Crippen LogP contribution in [0, 0.1) is 27.2 Å². The quantitative estimate of drug-likeness (QED) is 0.242. The number of aromatic nitrogens is 1. The molecule has 1 amide bonds. The number of anilines is 2. The molecule has 3 N–H and O–H groups in total. The van der Waals surface area contributed by atoms with Crippen LogP contribution in [0.5, 0.6) is 0 Å². The zero-order valence-electron chi connectivity index (χ0n) is 17.0. The minimum absolute atomic E-state index is 0.0185. The molecule has 0 saturated carbocycles. The van der Waals surface area contributed by atoms with Crippen LogP contribution in [0.4, 0.5) is 22.9 Å². The maximum Gasteiger partial charge on any atom is 0.277 e. The summed E-state index contributed by atoms with van der Waals surface area (Å²) in [6.45, 7) is 1.60. The highest BCUT2D eigenvalue weighted by atomic mass is 32.2. The maximum absolute atomic E-state index is 12.4. The fourth-order valence-electron chi connectivity index (χ4n) is 2.60. The molecule has 0 radical (unpaired) electrons. The van der Waals surface area contributed by atoms with E-state index < -0.39 is 37.2 Å². The number of amides is 1. The van der Waals surface area contributed by atoms with Gasteiger partial charge in [0.05, 0.1) is 26.4 Å². The maximum atomic E-state index is 12.4. The first-order valence-electron chi connectivity index (χ1n) is 9.07. The number of carbonyl (C=O) groups excluding carboxylic acids is 1. The van der Waals surface area contributed by atoms with Crippen LogP contribution in [-0.4, -0.2) is 34.4 Å². The Bertz CT molecular complexity index is 1370. The zero-order valence-corrected chi connectivity index (χ0v) is 18.7. The second-order valence-corrected chi connectivity index (χ2v) is 8.70. The summed E-state index contributed by atoms with van der Waals surface area (Å²) in [5.41, 5.74) is -1.30. The Morgan fingerprint density at radius 3 is 2.12 bits per heavy atom. The van der Waals surface area contributed by atoms with Crippen molar-refractivity contribution in [1.82, 2.24) is 10.5 Å². The van der Waals surface area contributed by atoms with Crippen LogP contribution in [0.2, 0.25) is 0 Å². The number of sulfonamides is 1. The molecule has 0 fully saturated rings. The molecule has 1 heterocycles. The molecular formula is C18H14N6O8S2. The zero-order chi connectivity index (χ0) is 25.0. The normalized spacial score (nSPS) is 10.9. The van der Waals surface area contributed by atoms with Crippen LogP contribution in [-0.2, 0) is 10.0 Å². The number of nitrogens with zero attached hydrogens (tertiary/aromatic N) is 3. The summed E-state index contributed by atoms with van der Waals surface area (Å²) in [4.78, 5) is 32.5. The second kappa shape index (κ2) is 9.59. The molecule has 0 spiro atoms. The van der Waals surface area contributed by atoms with Gasteiger partial charge in [-0.05, 0) is 43.4 Å². The van der Waals surface area contributed by atoms with E-state index in [1.54, 1.807) is 6.92 Å².